The number of alkyl halides is 3. The number of pyridine rings is 1. The zero-order valence-corrected chi connectivity index (χ0v) is 16.0. The minimum absolute atomic E-state index is 0.0962. The summed E-state index contributed by atoms with van der Waals surface area (Å²) in [4.78, 5) is 18.2. The van der Waals surface area contributed by atoms with E-state index in [4.69, 9.17) is 0 Å². The minimum Gasteiger partial charge on any atom is -0.337 e. The van der Waals surface area contributed by atoms with Crippen LogP contribution in [0.1, 0.15) is 21.5 Å². The Labute approximate surface area is 170 Å². The summed E-state index contributed by atoms with van der Waals surface area (Å²) in [5.41, 5.74) is 0.282. The van der Waals surface area contributed by atoms with Gasteiger partial charge in [-0.15, -0.1) is 0 Å². The lowest BCUT2D eigenvalue weighted by Crippen LogP contribution is -2.28. The van der Waals surface area contributed by atoms with Gasteiger partial charge in [0, 0.05) is 36.9 Å². The lowest BCUT2D eigenvalue weighted by atomic mass is 10.0. The van der Waals surface area contributed by atoms with Gasteiger partial charge in [-0.1, -0.05) is 36.4 Å². The van der Waals surface area contributed by atoms with E-state index < -0.39 is 23.2 Å². The molecule has 0 saturated carbocycles. The first-order chi connectivity index (χ1) is 14.3. The highest BCUT2D eigenvalue weighted by atomic mass is 19.4. The summed E-state index contributed by atoms with van der Waals surface area (Å²) >= 11 is 0. The van der Waals surface area contributed by atoms with Crippen molar-refractivity contribution in [2.75, 3.05) is 7.05 Å². The number of hydrogen-bond donors (Lipinski definition) is 0. The van der Waals surface area contributed by atoms with Gasteiger partial charge < -0.3 is 4.90 Å². The average Bonchev–Trinajstić information content (AvgIpc) is 3.20. The summed E-state index contributed by atoms with van der Waals surface area (Å²) in [5, 5.41) is 4.16. The molecule has 4 rings (SSSR count). The van der Waals surface area contributed by atoms with Crippen LogP contribution in [-0.4, -0.2) is 32.6 Å². The Morgan fingerprint density at radius 3 is 2.47 bits per heavy atom. The smallest absolute Gasteiger partial charge is 0.337 e. The monoisotopic (exact) mass is 410 g/mol. The van der Waals surface area contributed by atoms with Crippen LogP contribution in [0.15, 0.2) is 73.2 Å². The quantitative estimate of drug-likeness (QED) is 0.490. The van der Waals surface area contributed by atoms with Crippen molar-refractivity contribution in [2.45, 2.75) is 12.7 Å². The molecule has 0 aliphatic rings. The normalized spacial score (nSPS) is 11.6. The van der Waals surface area contributed by atoms with Crippen LogP contribution < -0.4 is 0 Å². The van der Waals surface area contributed by atoms with Crippen LogP contribution in [0.3, 0.4) is 0 Å². The van der Waals surface area contributed by atoms with E-state index in [0.717, 1.165) is 11.9 Å². The third-order valence-corrected chi connectivity index (χ3v) is 4.71. The molecule has 2 heterocycles. The predicted molar refractivity (Wildman–Crippen MR) is 106 cm³/mol. The van der Waals surface area contributed by atoms with E-state index in [1.807, 2.05) is 30.3 Å². The summed E-state index contributed by atoms with van der Waals surface area (Å²) in [6, 6.07) is 15.3. The fourth-order valence-electron chi connectivity index (χ4n) is 3.32. The maximum atomic E-state index is 13.8. The molecule has 0 atom stereocenters. The largest absolute Gasteiger partial charge is 0.417 e. The maximum Gasteiger partial charge on any atom is 0.417 e. The second kappa shape index (κ2) is 7.62. The zero-order valence-electron chi connectivity index (χ0n) is 16.0. The van der Waals surface area contributed by atoms with Crippen molar-refractivity contribution in [1.29, 1.82) is 0 Å². The van der Waals surface area contributed by atoms with Crippen LogP contribution in [0.2, 0.25) is 0 Å². The highest BCUT2D eigenvalue weighted by molar-refractivity contribution is 6.00. The fraction of sp³-hybridized carbons (Fsp3) is 0.136. The van der Waals surface area contributed by atoms with Crippen molar-refractivity contribution in [3.8, 4) is 5.69 Å². The van der Waals surface area contributed by atoms with Gasteiger partial charge in [0.05, 0.1) is 28.5 Å². The van der Waals surface area contributed by atoms with Gasteiger partial charge in [0.1, 0.15) is 0 Å². The number of amides is 1. The highest BCUT2D eigenvalue weighted by Crippen LogP contribution is 2.37. The second-order valence-corrected chi connectivity index (χ2v) is 6.85. The first-order valence-corrected chi connectivity index (χ1v) is 9.14. The zero-order chi connectivity index (χ0) is 21.3. The van der Waals surface area contributed by atoms with Crippen LogP contribution >= 0.6 is 0 Å². The van der Waals surface area contributed by atoms with Crippen molar-refractivity contribution >= 4 is 16.8 Å². The van der Waals surface area contributed by atoms with E-state index in [0.29, 0.717) is 5.56 Å². The average molecular weight is 410 g/mol. The van der Waals surface area contributed by atoms with Gasteiger partial charge in [0.15, 0.2) is 0 Å². The molecule has 4 aromatic rings. The van der Waals surface area contributed by atoms with Gasteiger partial charge >= 0.3 is 6.18 Å². The number of fused-ring (bicyclic) bond motifs is 1. The first-order valence-electron chi connectivity index (χ1n) is 9.14. The van der Waals surface area contributed by atoms with Crippen LogP contribution in [0.4, 0.5) is 13.2 Å². The molecule has 2 aromatic heterocycles. The van der Waals surface area contributed by atoms with E-state index in [9.17, 15) is 18.0 Å². The molecule has 0 aliphatic carbocycles. The van der Waals surface area contributed by atoms with Crippen LogP contribution in [0.5, 0.6) is 0 Å². The fourth-order valence-corrected chi connectivity index (χ4v) is 3.32. The number of carbonyl (C=O) groups excluding carboxylic acids is 1. The van der Waals surface area contributed by atoms with Crippen molar-refractivity contribution in [3.63, 3.8) is 0 Å². The minimum atomic E-state index is -4.69. The third kappa shape index (κ3) is 3.76. The van der Waals surface area contributed by atoms with Crippen molar-refractivity contribution in [3.05, 3.63) is 89.9 Å². The number of hydrogen-bond acceptors (Lipinski definition) is 3. The summed E-state index contributed by atoms with van der Waals surface area (Å²) < 4.78 is 43.1. The number of nitrogens with zero attached hydrogens (tertiary/aromatic N) is 4. The van der Waals surface area contributed by atoms with Gasteiger partial charge in [-0.25, -0.2) is 4.68 Å². The van der Waals surface area contributed by atoms with Crippen LogP contribution in [0.25, 0.3) is 16.6 Å². The molecule has 0 fully saturated rings. The van der Waals surface area contributed by atoms with Gasteiger partial charge in [-0.3, -0.25) is 9.78 Å². The molecule has 0 unspecified atom stereocenters. The predicted octanol–water partition coefficient (Wildman–Crippen LogP) is 4.71. The summed E-state index contributed by atoms with van der Waals surface area (Å²) in [7, 11) is 1.46. The molecule has 2 aromatic carbocycles. The summed E-state index contributed by atoms with van der Waals surface area (Å²) in [6.45, 7) is 0.107. The van der Waals surface area contributed by atoms with E-state index in [2.05, 4.69) is 10.1 Å². The van der Waals surface area contributed by atoms with Gasteiger partial charge in [0.2, 0.25) is 0 Å². The molecule has 1 amide bonds. The van der Waals surface area contributed by atoms with Gasteiger partial charge in [-0.05, 0) is 18.2 Å². The van der Waals surface area contributed by atoms with Crippen molar-refractivity contribution in [1.82, 2.24) is 19.7 Å². The molecule has 0 radical (unpaired) electrons. The molecule has 0 aliphatic heterocycles. The topological polar surface area (TPSA) is 51.0 Å². The molecule has 0 spiro atoms. The van der Waals surface area contributed by atoms with Gasteiger partial charge in [0.25, 0.3) is 5.91 Å². The summed E-state index contributed by atoms with van der Waals surface area (Å²) in [6.07, 6.45) is -0.369. The number of rotatable bonds is 4. The Bertz CT molecular complexity index is 1200. The number of carbonyl (C=O) groups is 1. The number of para-hydroxylation sites is 2. The Morgan fingerprint density at radius 2 is 1.73 bits per heavy atom. The summed E-state index contributed by atoms with van der Waals surface area (Å²) in [5.74, 6) is -0.756. The number of aromatic nitrogens is 3. The molecule has 152 valence electrons. The molecule has 30 heavy (non-hydrogen) atoms. The standard InChI is InChI=1S/C22H17F3N4O/c1-28(13-15-11-27-29(14-15)16-7-3-2-4-8-16)21(30)18-12-26-19-10-6-5-9-17(19)20(18)22(23,24)25/h2-12,14H,13H2,1H3. The Kier molecular flexibility index (Phi) is 4.99. The molecular formula is C22H17F3N4O. The molecule has 0 bridgehead atoms. The molecule has 0 N–H and O–H groups in total. The Balaban J connectivity index is 1.64. The van der Waals surface area contributed by atoms with E-state index in [1.165, 1.54) is 30.1 Å². The SMILES string of the molecule is CN(Cc1cnn(-c2ccccc2)c1)C(=O)c1cnc2ccccc2c1C(F)(F)F. The molecule has 8 heteroatoms. The van der Waals surface area contributed by atoms with Gasteiger partial charge in [-0.2, -0.15) is 18.3 Å². The van der Waals surface area contributed by atoms with E-state index in [1.54, 1.807) is 23.1 Å². The highest BCUT2D eigenvalue weighted by Gasteiger charge is 2.38. The number of benzene rings is 2. The van der Waals surface area contributed by atoms with Crippen molar-refractivity contribution in [2.24, 2.45) is 0 Å². The van der Waals surface area contributed by atoms with Crippen LogP contribution in [-0.2, 0) is 12.7 Å². The molecule has 0 saturated heterocycles. The Hall–Kier alpha value is -3.68. The lowest BCUT2D eigenvalue weighted by molar-refractivity contribution is -0.136. The number of halogens is 3. The van der Waals surface area contributed by atoms with E-state index in [-0.39, 0.29) is 17.4 Å². The van der Waals surface area contributed by atoms with Crippen LogP contribution in [0, 0.1) is 0 Å². The second-order valence-electron chi connectivity index (χ2n) is 6.85. The lowest BCUT2D eigenvalue weighted by Gasteiger charge is -2.20. The first kappa shape index (κ1) is 19.6. The maximum absolute atomic E-state index is 13.8. The Morgan fingerprint density at radius 1 is 1.03 bits per heavy atom. The molecular weight excluding hydrogens is 393 g/mol. The van der Waals surface area contributed by atoms with E-state index >= 15 is 0 Å². The van der Waals surface area contributed by atoms with Crippen molar-refractivity contribution < 1.29 is 18.0 Å². The molecule has 5 nitrogen and oxygen atoms in total. The third-order valence-electron chi connectivity index (χ3n) is 4.71.